The fraction of sp³-hybridized carbons (Fsp3) is 1.00. The van der Waals surface area contributed by atoms with Gasteiger partial charge in [-0.1, -0.05) is 65.7 Å². The van der Waals surface area contributed by atoms with Crippen molar-refractivity contribution in [3.63, 3.8) is 0 Å². The Morgan fingerprint density at radius 3 is 0.864 bits per heavy atom. The Morgan fingerprint density at radius 1 is 0.409 bits per heavy atom. The molecule has 4 heteroatoms. The smallest absolute Gasteiger partial charge is 1.00 e. The third-order valence-corrected chi connectivity index (χ3v) is 10.1. The zero-order chi connectivity index (χ0) is 12.9. The molecule has 0 aromatic heterocycles. The molecule has 130 valence electrons. The fourth-order valence-electron chi connectivity index (χ4n) is 5.03. The minimum atomic E-state index is 0. The van der Waals surface area contributed by atoms with Crippen LogP contribution in [-0.4, -0.2) is 17.0 Å². The fourth-order valence-corrected chi connectivity index (χ4v) is 9.71. The number of halogens is 2. The van der Waals surface area contributed by atoms with Crippen molar-refractivity contribution in [3.8, 4) is 0 Å². The van der Waals surface area contributed by atoms with E-state index in [9.17, 15) is 0 Å². The molecule has 3 fully saturated rings. The van der Waals surface area contributed by atoms with Crippen molar-refractivity contribution in [2.45, 2.75) is 113 Å². The Labute approximate surface area is 165 Å². The van der Waals surface area contributed by atoms with Crippen LogP contribution in [0.3, 0.4) is 0 Å². The first-order chi connectivity index (χ1) is 9.45. The summed E-state index contributed by atoms with van der Waals surface area (Å²) in [6.45, 7) is 0. The molecule has 0 N–H and O–H groups in total. The zero-order valence-corrected chi connectivity index (χ0v) is 18.0. The molecule has 0 unspecified atom stereocenters. The van der Waals surface area contributed by atoms with Gasteiger partial charge in [0.15, 0.2) is 0 Å². The minimum Gasteiger partial charge on any atom is -1.00 e. The molecular weight excluding hydrogens is 419 g/mol. The SMILES string of the molecule is C1CCC(P(C2CCCCC2)C2CCCCC2)CC1.[Cl-].[Cl-].[Ru+4]. The van der Waals surface area contributed by atoms with E-state index in [0.717, 1.165) is 0 Å². The Hall–Kier alpha value is 1.63. The Kier molecular flexibility index (Phi) is 13.9. The van der Waals surface area contributed by atoms with Gasteiger partial charge in [-0.25, -0.2) is 0 Å². The monoisotopic (exact) mass is 452 g/mol. The van der Waals surface area contributed by atoms with Crippen LogP contribution < -0.4 is 24.8 Å². The molecule has 3 aliphatic carbocycles. The van der Waals surface area contributed by atoms with E-state index in [4.69, 9.17) is 0 Å². The van der Waals surface area contributed by atoms with Crippen molar-refractivity contribution in [1.29, 1.82) is 0 Å². The summed E-state index contributed by atoms with van der Waals surface area (Å²) in [5, 5.41) is 0. The minimum absolute atomic E-state index is 0. The van der Waals surface area contributed by atoms with Gasteiger partial charge in [-0.2, -0.15) is 0 Å². The van der Waals surface area contributed by atoms with Gasteiger partial charge in [-0.3, -0.25) is 0 Å². The van der Waals surface area contributed by atoms with Crippen molar-refractivity contribution in [2.24, 2.45) is 0 Å². The van der Waals surface area contributed by atoms with Crippen molar-refractivity contribution in [2.75, 3.05) is 0 Å². The summed E-state index contributed by atoms with van der Waals surface area (Å²) < 4.78 is 0. The Morgan fingerprint density at radius 2 is 0.636 bits per heavy atom. The number of rotatable bonds is 3. The number of hydrogen-bond acceptors (Lipinski definition) is 0. The molecule has 0 aromatic rings. The van der Waals surface area contributed by atoms with E-state index >= 15 is 0 Å². The average molecular weight is 452 g/mol. The molecular formula is C18H33Cl2PRu+2. The van der Waals surface area contributed by atoms with Crippen LogP contribution in [0.4, 0.5) is 0 Å². The molecule has 0 nitrogen and oxygen atoms in total. The maximum Gasteiger partial charge on any atom is 4.00 e. The van der Waals surface area contributed by atoms with Gasteiger partial charge in [0.2, 0.25) is 0 Å². The second-order valence-electron chi connectivity index (χ2n) is 7.32. The van der Waals surface area contributed by atoms with Gasteiger partial charge in [0, 0.05) is 0 Å². The molecule has 0 bridgehead atoms. The van der Waals surface area contributed by atoms with Crippen LogP contribution in [0.1, 0.15) is 96.3 Å². The molecule has 0 atom stereocenters. The summed E-state index contributed by atoms with van der Waals surface area (Å²) in [5.74, 6) is 0. The van der Waals surface area contributed by atoms with E-state index in [-0.39, 0.29) is 44.3 Å². The first kappa shape index (κ1) is 23.6. The van der Waals surface area contributed by atoms with Gasteiger partial charge < -0.3 is 24.8 Å². The summed E-state index contributed by atoms with van der Waals surface area (Å²) in [6, 6.07) is 0. The molecule has 0 aliphatic heterocycles. The molecule has 3 saturated carbocycles. The van der Waals surface area contributed by atoms with E-state index in [1.807, 2.05) is 0 Å². The van der Waals surface area contributed by atoms with Gasteiger partial charge in [0.05, 0.1) is 0 Å². The molecule has 3 aliphatic rings. The molecule has 22 heavy (non-hydrogen) atoms. The summed E-state index contributed by atoms with van der Waals surface area (Å²) in [5.41, 5.74) is 3.57. The molecule has 0 heterocycles. The maximum atomic E-state index is 1.61. The molecule has 0 radical (unpaired) electrons. The Balaban J connectivity index is 0.00000147. The second-order valence-corrected chi connectivity index (χ2v) is 10.4. The van der Waals surface area contributed by atoms with Crippen LogP contribution >= 0.6 is 7.92 Å². The first-order valence-corrected chi connectivity index (χ1v) is 10.8. The molecule has 3 rings (SSSR count). The summed E-state index contributed by atoms with van der Waals surface area (Å²) in [6.07, 6.45) is 23.6. The van der Waals surface area contributed by atoms with Crippen LogP contribution in [0.2, 0.25) is 0 Å². The second kappa shape index (κ2) is 12.9. The standard InChI is InChI=1S/C18H33P.2ClH.Ru/c1-4-10-16(11-5-1)19(17-12-6-2-7-13-17)18-14-8-3-9-15-18;;;/h16-18H,1-15H2;2*1H;/q;;;+4/p-2. The van der Waals surface area contributed by atoms with E-state index in [1.165, 1.54) is 36.2 Å². The third kappa shape index (κ3) is 6.50. The predicted molar refractivity (Wildman–Crippen MR) is 87.5 cm³/mol. The van der Waals surface area contributed by atoms with E-state index < -0.39 is 0 Å². The number of hydrogen-bond donors (Lipinski definition) is 0. The summed E-state index contributed by atoms with van der Waals surface area (Å²) >= 11 is 0. The van der Waals surface area contributed by atoms with E-state index in [2.05, 4.69) is 0 Å². The predicted octanol–water partition coefficient (Wildman–Crippen LogP) is 0.472. The topological polar surface area (TPSA) is 0 Å². The van der Waals surface area contributed by atoms with Crippen LogP contribution in [0.5, 0.6) is 0 Å². The molecule has 0 amide bonds. The average Bonchev–Trinajstić information content (AvgIpc) is 2.51. The first-order valence-electron chi connectivity index (χ1n) is 9.22. The Bertz CT molecular complexity index is 217. The molecule has 0 saturated heterocycles. The summed E-state index contributed by atoms with van der Waals surface area (Å²) in [7, 11) is 0.385. The van der Waals surface area contributed by atoms with Crippen LogP contribution in [0.25, 0.3) is 0 Å². The molecule has 0 aromatic carbocycles. The largest absolute Gasteiger partial charge is 4.00 e. The third-order valence-electron chi connectivity index (χ3n) is 5.99. The van der Waals surface area contributed by atoms with Crippen molar-refractivity contribution in [1.82, 2.24) is 0 Å². The molecule has 0 spiro atoms. The summed E-state index contributed by atoms with van der Waals surface area (Å²) in [4.78, 5) is 0. The van der Waals surface area contributed by atoms with E-state index in [0.29, 0.717) is 7.92 Å². The normalized spacial score (nSPS) is 25.0. The van der Waals surface area contributed by atoms with Gasteiger partial charge >= 0.3 is 19.5 Å². The van der Waals surface area contributed by atoms with Crippen molar-refractivity contribution < 1.29 is 44.3 Å². The quantitative estimate of drug-likeness (QED) is 0.432. The van der Waals surface area contributed by atoms with Crippen molar-refractivity contribution in [3.05, 3.63) is 0 Å². The maximum absolute atomic E-state index is 1.61. The van der Waals surface area contributed by atoms with E-state index in [1.54, 1.807) is 77.0 Å². The van der Waals surface area contributed by atoms with Gasteiger partial charge in [-0.05, 0) is 55.5 Å². The van der Waals surface area contributed by atoms with Crippen LogP contribution in [0.15, 0.2) is 0 Å². The zero-order valence-electron chi connectivity index (χ0n) is 13.9. The van der Waals surface area contributed by atoms with Crippen LogP contribution in [0, 0.1) is 0 Å². The van der Waals surface area contributed by atoms with Gasteiger partial charge in [-0.15, -0.1) is 0 Å². The van der Waals surface area contributed by atoms with Gasteiger partial charge in [0.1, 0.15) is 0 Å². The van der Waals surface area contributed by atoms with Crippen molar-refractivity contribution >= 4 is 7.92 Å². The van der Waals surface area contributed by atoms with Gasteiger partial charge in [0.25, 0.3) is 0 Å². The van der Waals surface area contributed by atoms with Crippen LogP contribution in [-0.2, 0) is 19.5 Å².